The topological polar surface area (TPSA) is 169 Å². The molecule has 0 fully saturated rings. The first-order chi connectivity index (χ1) is 6.76. The van der Waals surface area contributed by atoms with Crippen LogP contribution in [-0.2, 0) is 5.91 Å². The molecule has 10 nitrogen and oxygen atoms in total. The van der Waals surface area contributed by atoms with Crippen LogP contribution in [0.2, 0.25) is 0 Å². The van der Waals surface area contributed by atoms with Crippen LogP contribution >= 0.6 is 0 Å². The van der Waals surface area contributed by atoms with E-state index in [0.29, 0.717) is 0 Å². The minimum Gasteiger partial charge on any atom is -0.362 e. The SMILES string of the molecule is O=c1[nH]c(=O)n(C(O)(O)C(O)O)c(=O)[nH]1. The summed E-state index contributed by atoms with van der Waals surface area (Å²) >= 11 is 0. The third kappa shape index (κ3) is 1.87. The Labute approximate surface area is 79.7 Å². The van der Waals surface area contributed by atoms with Gasteiger partial charge in [-0.2, -0.15) is 4.57 Å². The van der Waals surface area contributed by atoms with Crippen molar-refractivity contribution in [2.24, 2.45) is 0 Å². The van der Waals surface area contributed by atoms with Crippen molar-refractivity contribution in [3.8, 4) is 0 Å². The Morgan fingerprint density at radius 3 is 1.80 bits per heavy atom. The van der Waals surface area contributed by atoms with Crippen molar-refractivity contribution in [1.82, 2.24) is 14.5 Å². The fraction of sp³-hybridized carbons (Fsp3) is 0.400. The summed E-state index contributed by atoms with van der Waals surface area (Å²) in [5, 5.41) is 35.0. The molecule has 1 rings (SSSR count). The van der Waals surface area contributed by atoms with Crippen molar-refractivity contribution in [2.45, 2.75) is 12.2 Å². The lowest BCUT2D eigenvalue weighted by atomic mass is 10.4. The van der Waals surface area contributed by atoms with Gasteiger partial charge in [-0.05, 0) is 0 Å². The third-order valence-corrected chi connectivity index (χ3v) is 1.52. The molecule has 0 aliphatic carbocycles. The van der Waals surface area contributed by atoms with Crippen molar-refractivity contribution in [3.05, 3.63) is 31.5 Å². The first kappa shape index (κ1) is 11.3. The molecule has 0 spiro atoms. The molecule has 0 aromatic carbocycles. The first-order valence-electron chi connectivity index (χ1n) is 3.54. The van der Waals surface area contributed by atoms with Crippen LogP contribution in [-0.4, -0.2) is 41.3 Å². The summed E-state index contributed by atoms with van der Waals surface area (Å²) in [5.41, 5.74) is -4.16. The van der Waals surface area contributed by atoms with Crippen LogP contribution < -0.4 is 17.1 Å². The van der Waals surface area contributed by atoms with E-state index in [2.05, 4.69) is 0 Å². The minimum absolute atomic E-state index is 0.362. The van der Waals surface area contributed by atoms with Gasteiger partial charge in [0, 0.05) is 0 Å². The summed E-state index contributed by atoms with van der Waals surface area (Å²) in [6.07, 6.45) is -2.80. The van der Waals surface area contributed by atoms with Crippen LogP contribution in [0, 0.1) is 0 Å². The lowest BCUT2D eigenvalue weighted by Crippen LogP contribution is -2.58. The Morgan fingerprint density at radius 2 is 1.47 bits per heavy atom. The Hall–Kier alpha value is -1.75. The number of aliphatic hydroxyl groups excluding tert-OH is 1. The third-order valence-electron chi connectivity index (χ3n) is 1.52. The monoisotopic (exact) mass is 221 g/mol. The lowest BCUT2D eigenvalue weighted by Gasteiger charge is -2.23. The molecule has 0 unspecified atom stereocenters. The van der Waals surface area contributed by atoms with Crippen molar-refractivity contribution in [2.75, 3.05) is 0 Å². The molecule has 0 amide bonds. The van der Waals surface area contributed by atoms with Gasteiger partial charge in [-0.1, -0.05) is 0 Å². The van der Waals surface area contributed by atoms with E-state index in [1.165, 1.54) is 9.97 Å². The van der Waals surface area contributed by atoms with Crippen LogP contribution in [0.15, 0.2) is 14.4 Å². The van der Waals surface area contributed by atoms with Gasteiger partial charge in [0.1, 0.15) is 0 Å². The maximum atomic E-state index is 11.0. The number of nitrogens with one attached hydrogen (secondary N) is 2. The molecule has 0 radical (unpaired) electrons. The molecule has 0 bridgehead atoms. The number of aromatic nitrogens is 3. The molecular weight excluding hydrogens is 214 g/mol. The highest BCUT2D eigenvalue weighted by molar-refractivity contribution is 4.76. The molecule has 1 aromatic rings. The molecule has 6 N–H and O–H groups in total. The van der Waals surface area contributed by atoms with Gasteiger partial charge < -0.3 is 20.4 Å². The van der Waals surface area contributed by atoms with E-state index in [1.807, 2.05) is 0 Å². The number of hydrogen-bond donors (Lipinski definition) is 6. The van der Waals surface area contributed by atoms with Gasteiger partial charge in [0.25, 0.3) is 0 Å². The zero-order valence-electron chi connectivity index (χ0n) is 7.04. The number of nitrogens with zero attached hydrogens (tertiary/aromatic N) is 1. The second-order valence-corrected chi connectivity index (χ2v) is 2.59. The Kier molecular flexibility index (Phi) is 2.59. The number of aliphatic hydroxyl groups is 4. The lowest BCUT2D eigenvalue weighted by molar-refractivity contribution is -0.343. The predicted octanol–water partition coefficient (Wildman–Crippen LogP) is -4.87. The highest BCUT2D eigenvalue weighted by atomic mass is 16.6. The van der Waals surface area contributed by atoms with Gasteiger partial charge in [-0.15, -0.1) is 0 Å². The summed E-state index contributed by atoms with van der Waals surface area (Å²) < 4.78 is -0.362. The van der Waals surface area contributed by atoms with E-state index in [4.69, 9.17) is 20.4 Å². The zero-order valence-corrected chi connectivity index (χ0v) is 7.04. The van der Waals surface area contributed by atoms with E-state index in [0.717, 1.165) is 0 Å². The van der Waals surface area contributed by atoms with E-state index in [-0.39, 0.29) is 4.57 Å². The number of aromatic amines is 2. The predicted molar refractivity (Wildman–Crippen MR) is 42.6 cm³/mol. The average molecular weight is 221 g/mol. The standard InChI is InChI=1S/C5H7N3O7/c9-1(10)5(14,15)8-3(12)6-2(11)7-4(8)13/h1,9-10,14-15H,(H2,6,7,11,12,13). The second-order valence-electron chi connectivity index (χ2n) is 2.59. The van der Waals surface area contributed by atoms with Gasteiger partial charge in [0.15, 0.2) is 0 Å². The van der Waals surface area contributed by atoms with Crippen molar-refractivity contribution in [3.63, 3.8) is 0 Å². The molecule has 0 aliphatic rings. The highest BCUT2D eigenvalue weighted by Crippen LogP contribution is 2.05. The maximum absolute atomic E-state index is 11.0. The molecule has 0 saturated carbocycles. The molecule has 10 heteroatoms. The van der Waals surface area contributed by atoms with Gasteiger partial charge in [0.05, 0.1) is 0 Å². The van der Waals surface area contributed by atoms with Gasteiger partial charge >= 0.3 is 23.0 Å². The van der Waals surface area contributed by atoms with Crippen LogP contribution in [0.3, 0.4) is 0 Å². The Bertz CT molecular complexity index is 486. The Morgan fingerprint density at radius 1 is 1.07 bits per heavy atom. The molecule has 0 atom stereocenters. The van der Waals surface area contributed by atoms with E-state index in [1.54, 1.807) is 0 Å². The van der Waals surface area contributed by atoms with E-state index >= 15 is 0 Å². The molecule has 0 aliphatic heterocycles. The average Bonchev–Trinajstić information content (AvgIpc) is 2.00. The van der Waals surface area contributed by atoms with Gasteiger partial charge in [0.2, 0.25) is 6.29 Å². The highest BCUT2D eigenvalue weighted by Gasteiger charge is 2.37. The summed E-state index contributed by atoms with van der Waals surface area (Å²) in [4.78, 5) is 35.5. The molecule has 1 heterocycles. The summed E-state index contributed by atoms with van der Waals surface area (Å²) in [7, 11) is 0. The molecule has 15 heavy (non-hydrogen) atoms. The number of H-pyrrole nitrogens is 2. The van der Waals surface area contributed by atoms with E-state index in [9.17, 15) is 14.4 Å². The molecule has 84 valence electrons. The van der Waals surface area contributed by atoms with Crippen molar-refractivity contribution in [1.29, 1.82) is 0 Å². The zero-order chi connectivity index (χ0) is 11.8. The van der Waals surface area contributed by atoms with Crippen molar-refractivity contribution < 1.29 is 20.4 Å². The summed E-state index contributed by atoms with van der Waals surface area (Å²) in [6, 6.07) is 0. The number of rotatable bonds is 2. The fourth-order valence-corrected chi connectivity index (χ4v) is 0.844. The minimum atomic E-state index is -3.53. The second kappa shape index (κ2) is 3.43. The van der Waals surface area contributed by atoms with Gasteiger partial charge in [-0.3, -0.25) is 9.97 Å². The van der Waals surface area contributed by atoms with E-state index < -0.39 is 29.3 Å². The molecule has 1 aromatic heterocycles. The molecule has 0 saturated heterocycles. The quantitative estimate of drug-likeness (QED) is 0.272. The fourth-order valence-electron chi connectivity index (χ4n) is 0.844. The smallest absolute Gasteiger partial charge is 0.338 e. The summed E-state index contributed by atoms with van der Waals surface area (Å²) in [5.74, 6) is -3.53. The first-order valence-corrected chi connectivity index (χ1v) is 3.54. The normalized spacial score (nSPS) is 12.1. The van der Waals surface area contributed by atoms with Crippen LogP contribution in [0.5, 0.6) is 0 Å². The Balaban J connectivity index is 3.60. The van der Waals surface area contributed by atoms with Crippen LogP contribution in [0.25, 0.3) is 0 Å². The molecular formula is C5H7N3O7. The van der Waals surface area contributed by atoms with Crippen LogP contribution in [0.1, 0.15) is 0 Å². The number of hydrogen-bond acceptors (Lipinski definition) is 7. The summed E-state index contributed by atoms with van der Waals surface area (Å²) in [6.45, 7) is 0. The largest absolute Gasteiger partial charge is 0.362 e. The van der Waals surface area contributed by atoms with Crippen molar-refractivity contribution >= 4 is 0 Å². The van der Waals surface area contributed by atoms with Crippen LogP contribution in [0.4, 0.5) is 0 Å². The van der Waals surface area contributed by atoms with Gasteiger partial charge in [-0.25, -0.2) is 14.4 Å². The maximum Gasteiger partial charge on any atom is 0.338 e.